The summed E-state index contributed by atoms with van der Waals surface area (Å²) in [6.07, 6.45) is 0.737. The molecule has 170 valence electrons. The highest BCUT2D eigenvalue weighted by Gasteiger charge is 2.31. The van der Waals surface area contributed by atoms with Crippen molar-refractivity contribution in [3.8, 4) is 11.5 Å². The lowest BCUT2D eigenvalue weighted by molar-refractivity contribution is -0.114. The summed E-state index contributed by atoms with van der Waals surface area (Å²) in [6.45, 7) is 3.32. The average Bonchev–Trinajstić information content (AvgIpc) is 3.03. The average molecular weight is 460 g/mol. The Hall–Kier alpha value is -3.11. The molecule has 2 amide bonds. The van der Waals surface area contributed by atoms with Crippen molar-refractivity contribution in [2.24, 2.45) is 0 Å². The van der Waals surface area contributed by atoms with Crippen LogP contribution in [0.15, 0.2) is 47.4 Å². The lowest BCUT2D eigenvalue weighted by Gasteiger charge is -2.34. The van der Waals surface area contributed by atoms with Gasteiger partial charge in [-0.15, -0.1) is 0 Å². The Kier molecular flexibility index (Phi) is 6.33. The van der Waals surface area contributed by atoms with Crippen LogP contribution in [0.2, 0.25) is 0 Å². The Morgan fingerprint density at radius 2 is 1.66 bits per heavy atom. The fraction of sp³-hybridized carbons (Fsp3) is 0.364. The summed E-state index contributed by atoms with van der Waals surface area (Å²) < 4.78 is 38.8. The van der Waals surface area contributed by atoms with Gasteiger partial charge < -0.3 is 19.7 Å². The van der Waals surface area contributed by atoms with Gasteiger partial charge in [0, 0.05) is 56.8 Å². The van der Waals surface area contributed by atoms with Crippen LogP contribution < -0.4 is 14.8 Å². The number of fused-ring (bicyclic) bond motifs is 1. The van der Waals surface area contributed by atoms with Crippen molar-refractivity contribution in [1.82, 2.24) is 9.21 Å². The number of sulfonamides is 1. The summed E-state index contributed by atoms with van der Waals surface area (Å²) in [5.41, 5.74) is 0.981. The van der Waals surface area contributed by atoms with E-state index in [1.807, 2.05) is 0 Å². The molecule has 0 saturated carbocycles. The van der Waals surface area contributed by atoms with Gasteiger partial charge in [0.2, 0.25) is 15.9 Å². The van der Waals surface area contributed by atoms with Crippen LogP contribution in [0, 0.1) is 0 Å². The van der Waals surface area contributed by atoms with E-state index in [0.717, 1.165) is 6.42 Å². The number of hydrogen-bond donors (Lipinski definition) is 1. The molecule has 0 spiro atoms. The van der Waals surface area contributed by atoms with Crippen LogP contribution in [-0.2, 0) is 14.8 Å². The van der Waals surface area contributed by atoms with Crippen LogP contribution in [0.25, 0.3) is 0 Å². The third-order valence-electron chi connectivity index (χ3n) is 5.31. The summed E-state index contributed by atoms with van der Waals surface area (Å²) in [7, 11) is -3.73. The van der Waals surface area contributed by atoms with Crippen molar-refractivity contribution in [2.45, 2.75) is 18.2 Å². The predicted octanol–water partition coefficient (Wildman–Crippen LogP) is 1.95. The largest absolute Gasteiger partial charge is 0.490 e. The van der Waals surface area contributed by atoms with Crippen LogP contribution >= 0.6 is 0 Å². The van der Waals surface area contributed by atoms with Crippen LogP contribution in [0.5, 0.6) is 11.5 Å². The molecule has 2 heterocycles. The molecule has 0 bridgehead atoms. The topological polar surface area (TPSA) is 105 Å². The van der Waals surface area contributed by atoms with Crippen LogP contribution in [-0.4, -0.2) is 68.8 Å². The van der Waals surface area contributed by atoms with Gasteiger partial charge in [0.25, 0.3) is 5.91 Å². The van der Waals surface area contributed by atoms with Crippen molar-refractivity contribution in [3.63, 3.8) is 0 Å². The molecule has 1 N–H and O–H groups in total. The standard InChI is InChI=1S/C22H25N3O6S/c1-16(26)23-18-5-2-4-17(14-18)22(27)24-8-10-25(11-9-24)32(28,29)19-6-7-20-21(15-19)31-13-3-12-30-20/h2,4-7,14-15H,3,8-13H2,1H3,(H,23,26). The van der Waals surface area contributed by atoms with Gasteiger partial charge in [0.15, 0.2) is 11.5 Å². The van der Waals surface area contributed by atoms with Gasteiger partial charge in [0.1, 0.15) is 0 Å². The summed E-state index contributed by atoms with van der Waals surface area (Å²) in [5.74, 6) is 0.544. The number of nitrogens with zero attached hydrogens (tertiary/aromatic N) is 2. The maximum atomic E-state index is 13.1. The lowest BCUT2D eigenvalue weighted by atomic mass is 10.1. The number of carbonyl (C=O) groups excluding carboxylic acids is 2. The molecular weight excluding hydrogens is 434 g/mol. The summed E-state index contributed by atoms with van der Waals surface area (Å²) in [4.78, 5) is 25.9. The molecule has 9 nitrogen and oxygen atoms in total. The second-order valence-corrected chi connectivity index (χ2v) is 9.56. The molecule has 2 aliphatic heterocycles. The maximum Gasteiger partial charge on any atom is 0.254 e. The molecule has 0 aromatic heterocycles. The highest BCUT2D eigenvalue weighted by molar-refractivity contribution is 7.89. The molecular formula is C22H25N3O6S. The van der Waals surface area contributed by atoms with E-state index in [0.29, 0.717) is 36.0 Å². The van der Waals surface area contributed by atoms with Gasteiger partial charge in [-0.1, -0.05) is 6.07 Å². The molecule has 0 atom stereocenters. The molecule has 10 heteroatoms. The molecule has 1 saturated heterocycles. The molecule has 2 aromatic rings. The summed E-state index contributed by atoms with van der Waals surface area (Å²) >= 11 is 0. The molecule has 0 radical (unpaired) electrons. The number of rotatable bonds is 4. The molecule has 1 fully saturated rings. The van der Waals surface area contributed by atoms with E-state index in [2.05, 4.69) is 5.32 Å². The number of anilines is 1. The van der Waals surface area contributed by atoms with Crippen LogP contribution in [0.3, 0.4) is 0 Å². The fourth-order valence-electron chi connectivity index (χ4n) is 3.70. The van der Waals surface area contributed by atoms with Gasteiger partial charge in [-0.3, -0.25) is 9.59 Å². The van der Waals surface area contributed by atoms with Crippen LogP contribution in [0.4, 0.5) is 5.69 Å². The summed E-state index contributed by atoms with van der Waals surface area (Å²) in [5, 5.41) is 2.66. The van der Waals surface area contributed by atoms with E-state index >= 15 is 0 Å². The van der Waals surface area contributed by atoms with Gasteiger partial charge in [0.05, 0.1) is 18.1 Å². The van der Waals surface area contributed by atoms with E-state index in [1.54, 1.807) is 35.2 Å². The molecule has 0 aliphatic carbocycles. The number of ether oxygens (including phenoxy) is 2. The molecule has 0 unspecified atom stereocenters. The van der Waals surface area contributed by atoms with E-state index in [-0.39, 0.29) is 42.9 Å². The Balaban J connectivity index is 1.43. The maximum absolute atomic E-state index is 13.1. The van der Waals surface area contributed by atoms with Gasteiger partial charge in [-0.05, 0) is 30.3 Å². The molecule has 4 rings (SSSR count). The third-order valence-corrected chi connectivity index (χ3v) is 7.21. The van der Waals surface area contributed by atoms with Crippen molar-refractivity contribution >= 4 is 27.5 Å². The van der Waals surface area contributed by atoms with Crippen molar-refractivity contribution < 1.29 is 27.5 Å². The van der Waals surface area contributed by atoms with Crippen molar-refractivity contribution in [3.05, 3.63) is 48.0 Å². The van der Waals surface area contributed by atoms with Gasteiger partial charge in [-0.2, -0.15) is 4.31 Å². The highest BCUT2D eigenvalue weighted by Crippen LogP contribution is 2.33. The van der Waals surface area contributed by atoms with Gasteiger partial charge >= 0.3 is 0 Å². The number of piperazine rings is 1. The molecule has 2 aliphatic rings. The lowest BCUT2D eigenvalue weighted by Crippen LogP contribution is -2.50. The highest BCUT2D eigenvalue weighted by atomic mass is 32.2. The van der Waals surface area contributed by atoms with Crippen LogP contribution in [0.1, 0.15) is 23.7 Å². The zero-order valence-electron chi connectivity index (χ0n) is 17.7. The predicted molar refractivity (Wildman–Crippen MR) is 117 cm³/mol. The van der Waals surface area contributed by atoms with E-state index in [1.165, 1.54) is 23.4 Å². The Bertz CT molecular complexity index is 1130. The number of carbonyl (C=O) groups is 2. The zero-order valence-corrected chi connectivity index (χ0v) is 18.6. The first kappa shape index (κ1) is 22.1. The first-order valence-corrected chi connectivity index (χ1v) is 11.9. The quantitative estimate of drug-likeness (QED) is 0.749. The van der Waals surface area contributed by atoms with E-state index < -0.39 is 10.0 Å². The second-order valence-electron chi connectivity index (χ2n) is 7.62. The minimum absolute atomic E-state index is 0.143. The monoisotopic (exact) mass is 459 g/mol. The second kappa shape index (κ2) is 9.17. The van der Waals surface area contributed by atoms with Gasteiger partial charge in [-0.25, -0.2) is 8.42 Å². The van der Waals surface area contributed by atoms with Crippen molar-refractivity contribution in [1.29, 1.82) is 0 Å². The Morgan fingerprint density at radius 3 is 2.38 bits per heavy atom. The minimum atomic E-state index is -3.73. The SMILES string of the molecule is CC(=O)Nc1cccc(C(=O)N2CCN(S(=O)(=O)c3ccc4c(c3)OCCCO4)CC2)c1. The number of benzene rings is 2. The Labute approximate surface area is 187 Å². The number of amides is 2. The third kappa shape index (κ3) is 4.71. The molecule has 2 aromatic carbocycles. The normalized spacial score (nSPS) is 16.8. The molecule has 32 heavy (non-hydrogen) atoms. The number of hydrogen-bond acceptors (Lipinski definition) is 6. The smallest absolute Gasteiger partial charge is 0.254 e. The van der Waals surface area contributed by atoms with E-state index in [4.69, 9.17) is 9.47 Å². The van der Waals surface area contributed by atoms with E-state index in [9.17, 15) is 18.0 Å². The van der Waals surface area contributed by atoms with Crippen molar-refractivity contribution in [2.75, 3.05) is 44.7 Å². The first-order valence-electron chi connectivity index (χ1n) is 10.4. The zero-order chi connectivity index (χ0) is 22.7. The number of nitrogens with one attached hydrogen (secondary N) is 1. The fourth-order valence-corrected chi connectivity index (χ4v) is 5.14. The minimum Gasteiger partial charge on any atom is -0.490 e. The summed E-state index contributed by atoms with van der Waals surface area (Å²) in [6, 6.07) is 11.3. The first-order chi connectivity index (χ1) is 15.3. The Morgan fingerprint density at radius 1 is 0.938 bits per heavy atom.